The number of aliphatic carboxylic acids is 1. The second-order valence-corrected chi connectivity index (χ2v) is 13.9. The fourth-order valence-corrected chi connectivity index (χ4v) is 5.62. The van der Waals surface area contributed by atoms with Crippen LogP contribution in [0.1, 0.15) is 174 Å². The van der Waals surface area contributed by atoms with Crippen LogP contribution in [0.3, 0.4) is 0 Å². The molecule has 3 heteroatoms. The van der Waals surface area contributed by atoms with Gasteiger partial charge in [0.25, 0.3) is 0 Å². The van der Waals surface area contributed by atoms with Crippen molar-refractivity contribution in [3.05, 3.63) is 28.8 Å². The number of aromatic hydroxyl groups is 1. The summed E-state index contributed by atoms with van der Waals surface area (Å²) < 4.78 is 0. The topological polar surface area (TPSA) is 57.5 Å². The van der Waals surface area contributed by atoms with E-state index in [1.54, 1.807) is 0 Å². The zero-order valence-electron chi connectivity index (χ0n) is 26.3. The van der Waals surface area contributed by atoms with E-state index in [2.05, 4.69) is 54.5 Å². The fourth-order valence-electron chi connectivity index (χ4n) is 5.62. The van der Waals surface area contributed by atoms with E-state index < -0.39 is 5.97 Å². The third-order valence-electron chi connectivity index (χ3n) is 8.06. The second kappa shape index (κ2) is 18.0. The molecule has 0 heterocycles. The number of hydrogen-bond acceptors (Lipinski definition) is 2. The van der Waals surface area contributed by atoms with Crippen LogP contribution < -0.4 is 0 Å². The van der Waals surface area contributed by atoms with Gasteiger partial charge >= 0.3 is 5.97 Å². The lowest BCUT2D eigenvalue weighted by Crippen LogP contribution is -2.22. The third kappa shape index (κ3) is 14.0. The highest BCUT2D eigenvalue weighted by molar-refractivity contribution is 5.70. The van der Waals surface area contributed by atoms with Crippen molar-refractivity contribution in [1.29, 1.82) is 0 Å². The third-order valence-corrected chi connectivity index (χ3v) is 8.06. The number of hydrogen-bond donors (Lipinski definition) is 2. The van der Waals surface area contributed by atoms with E-state index in [0.717, 1.165) is 36.0 Å². The van der Waals surface area contributed by atoms with Crippen LogP contribution in [-0.4, -0.2) is 16.2 Å². The molecule has 1 aromatic rings. The van der Waals surface area contributed by atoms with E-state index in [4.69, 9.17) is 0 Å². The number of phenolic OH excluding ortho intramolecular Hbond substituents is 1. The maximum absolute atomic E-state index is 12.2. The van der Waals surface area contributed by atoms with Crippen molar-refractivity contribution in [2.45, 2.75) is 175 Å². The molecule has 1 atom stereocenters. The summed E-state index contributed by atoms with van der Waals surface area (Å²) in [4.78, 5) is 12.2. The minimum atomic E-state index is -0.698. The molecule has 0 aliphatic carbocycles. The summed E-state index contributed by atoms with van der Waals surface area (Å²) in [5.74, 6) is -0.757. The minimum absolute atomic E-state index is 0.152. The Morgan fingerprint density at radius 3 is 1.42 bits per heavy atom. The van der Waals surface area contributed by atoms with Gasteiger partial charge in [-0.2, -0.15) is 0 Å². The lowest BCUT2D eigenvalue weighted by atomic mass is 9.76. The molecule has 2 N–H and O–H groups in total. The monoisotopic (exact) mass is 530 g/mol. The van der Waals surface area contributed by atoms with E-state index >= 15 is 0 Å². The maximum atomic E-state index is 12.2. The van der Waals surface area contributed by atoms with Gasteiger partial charge in [0.2, 0.25) is 0 Å². The first-order valence-electron chi connectivity index (χ1n) is 16.0. The molecule has 0 aliphatic heterocycles. The lowest BCUT2D eigenvalue weighted by Gasteiger charge is -2.29. The van der Waals surface area contributed by atoms with Gasteiger partial charge in [-0.3, -0.25) is 4.79 Å². The van der Waals surface area contributed by atoms with Gasteiger partial charge < -0.3 is 10.2 Å². The van der Waals surface area contributed by atoms with Crippen LogP contribution in [0.5, 0.6) is 5.75 Å². The predicted molar refractivity (Wildman–Crippen MR) is 164 cm³/mol. The van der Waals surface area contributed by atoms with Crippen LogP contribution in [0, 0.1) is 5.92 Å². The molecule has 1 unspecified atom stereocenters. The van der Waals surface area contributed by atoms with E-state index in [-0.39, 0.29) is 16.7 Å². The number of phenols is 1. The molecule has 1 aromatic carbocycles. The van der Waals surface area contributed by atoms with Gasteiger partial charge in [-0.25, -0.2) is 0 Å². The van der Waals surface area contributed by atoms with E-state index in [0.29, 0.717) is 12.2 Å². The van der Waals surface area contributed by atoms with Crippen LogP contribution in [0.25, 0.3) is 0 Å². The van der Waals surface area contributed by atoms with Crippen LogP contribution >= 0.6 is 0 Å². The maximum Gasteiger partial charge on any atom is 0.306 e. The van der Waals surface area contributed by atoms with Gasteiger partial charge in [0.05, 0.1) is 5.92 Å². The van der Waals surface area contributed by atoms with Crippen molar-refractivity contribution in [1.82, 2.24) is 0 Å². The molecular weight excluding hydrogens is 468 g/mol. The molecule has 38 heavy (non-hydrogen) atoms. The van der Waals surface area contributed by atoms with Crippen molar-refractivity contribution in [3.8, 4) is 5.75 Å². The minimum Gasteiger partial charge on any atom is -0.508 e. The van der Waals surface area contributed by atoms with Gasteiger partial charge in [0.1, 0.15) is 5.75 Å². The van der Waals surface area contributed by atoms with Gasteiger partial charge in [0.15, 0.2) is 0 Å². The Labute approximate surface area is 236 Å². The van der Waals surface area contributed by atoms with Crippen molar-refractivity contribution in [2.75, 3.05) is 0 Å². The Kier molecular flexibility index (Phi) is 16.3. The Balaban J connectivity index is 2.37. The quantitative estimate of drug-likeness (QED) is 0.165. The average Bonchev–Trinajstić information content (AvgIpc) is 2.82. The molecule has 0 fully saturated rings. The molecule has 0 aromatic heterocycles. The summed E-state index contributed by atoms with van der Waals surface area (Å²) in [5.41, 5.74) is 2.68. The normalized spacial score (nSPS) is 13.1. The highest BCUT2D eigenvalue weighted by Gasteiger charge is 2.27. The second-order valence-electron chi connectivity index (χ2n) is 13.9. The van der Waals surface area contributed by atoms with Crippen molar-refractivity contribution >= 4 is 5.97 Å². The average molecular weight is 531 g/mol. The van der Waals surface area contributed by atoms with Gasteiger partial charge in [-0.15, -0.1) is 0 Å². The molecule has 3 nitrogen and oxygen atoms in total. The van der Waals surface area contributed by atoms with Crippen LogP contribution in [0.4, 0.5) is 0 Å². The number of carboxylic acids is 1. The highest BCUT2D eigenvalue weighted by Crippen LogP contribution is 2.38. The molecule has 0 saturated carbocycles. The SMILES string of the molecule is CCCCCCCCCCCCCCCCCCC(Cc1cc(C(C)(C)C)c(O)cc1C(C)(C)C)C(=O)O. The first kappa shape index (κ1) is 34.5. The molecule has 220 valence electrons. The standard InChI is InChI=1S/C35H62O3/c1-8-9-10-11-12-13-14-15-16-17-18-19-20-21-22-23-24-28(33(37)38)25-29-26-31(35(5,6)7)32(36)27-30(29)34(2,3)4/h26-28,36H,8-25H2,1-7H3,(H,37,38). The molecule has 0 amide bonds. The van der Waals surface area contributed by atoms with E-state index in [1.165, 1.54) is 89.9 Å². The Bertz CT molecular complexity index is 782. The predicted octanol–water partition coefficient (Wildman–Crippen LogP) is 10.9. The van der Waals surface area contributed by atoms with Gasteiger partial charge in [0, 0.05) is 0 Å². The first-order chi connectivity index (χ1) is 17.9. The lowest BCUT2D eigenvalue weighted by molar-refractivity contribution is -0.142. The summed E-state index contributed by atoms with van der Waals surface area (Å²) in [5, 5.41) is 20.7. The Morgan fingerprint density at radius 2 is 1.05 bits per heavy atom. The fraction of sp³-hybridized carbons (Fsp3) is 0.800. The smallest absolute Gasteiger partial charge is 0.306 e. The van der Waals surface area contributed by atoms with Crippen LogP contribution in [0.15, 0.2) is 12.1 Å². The molecule has 0 saturated heterocycles. The van der Waals surface area contributed by atoms with Crippen LogP contribution in [0.2, 0.25) is 0 Å². The largest absolute Gasteiger partial charge is 0.508 e. The molecule has 1 rings (SSSR count). The van der Waals surface area contributed by atoms with Gasteiger partial charge in [-0.1, -0.05) is 157 Å². The number of benzene rings is 1. The van der Waals surface area contributed by atoms with Crippen molar-refractivity contribution in [2.24, 2.45) is 5.92 Å². The van der Waals surface area contributed by atoms with Gasteiger partial charge in [-0.05, 0) is 46.4 Å². The highest BCUT2D eigenvalue weighted by atomic mass is 16.4. The number of carboxylic acid groups (broad SMARTS) is 1. The van der Waals surface area contributed by atoms with E-state index in [1.807, 2.05) is 6.07 Å². The van der Waals surface area contributed by atoms with Crippen molar-refractivity contribution in [3.63, 3.8) is 0 Å². The molecule has 0 bridgehead atoms. The summed E-state index contributed by atoms with van der Waals surface area (Å²) in [6.45, 7) is 14.9. The Morgan fingerprint density at radius 1 is 0.658 bits per heavy atom. The summed E-state index contributed by atoms with van der Waals surface area (Å²) in [7, 11) is 0. The van der Waals surface area contributed by atoms with Crippen molar-refractivity contribution < 1.29 is 15.0 Å². The molecule has 0 radical (unpaired) electrons. The summed E-state index contributed by atoms with van der Waals surface area (Å²) in [6.07, 6.45) is 22.5. The summed E-state index contributed by atoms with van der Waals surface area (Å²) >= 11 is 0. The Hall–Kier alpha value is -1.51. The first-order valence-corrected chi connectivity index (χ1v) is 16.0. The molecule has 0 aliphatic rings. The molecule has 0 spiro atoms. The number of rotatable bonds is 20. The molecular formula is C35H62O3. The summed E-state index contributed by atoms with van der Waals surface area (Å²) in [6, 6.07) is 3.95. The zero-order chi connectivity index (χ0) is 28.6. The van der Waals surface area contributed by atoms with Crippen LogP contribution in [-0.2, 0) is 22.0 Å². The zero-order valence-corrected chi connectivity index (χ0v) is 26.3. The number of carbonyl (C=O) groups is 1. The van der Waals surface area contributed by atoms with E-state index in [9.17, 15) is 15.0 Å². The number of unbranched alkanes of at least 4 members (excludes halogenated alkanes) is 15.